The van der Waals surface area contributed by atoms with E-state index in [-0.39, 0.29) is 11.7 Å². The lowest BCUT2D eigenvalue weighted by molar-refractivity contribution is 0.0927. The zero-order chi connectivity index (χ0) is 13.0. The van der Waals surface area contributed by atoms with E-state index in [1.165, 1.54) is 6.26 Å². The standard InChI is InChI=1S/C13H11BrN2O2/c1-9-4-5-10(7-11(9)14)8-15-16-13(17)12-3-2-6-18-12/h2-8H,1H3,(H,16,17)/b15-8-. The van der Waals surface area contributed by atoms with Gasteiger partial charge in [-0.15, -0.1) is 0 Å². The number of carbonyl (C=O) groups is 1. The van der Waals surface area contributed by atoms with Crippen LogP contribution >= 0.6 is 15.9 Å². The first-order valence-corrected chi connectivity index (χ1v) is 6.09. The number of amides is 1. The summed E-state index contributed by atoms with van der Waals surface area (Å²) in [5, 5.41) is 3.86. The van der Waals surface area contributed by atoms with Crippen molar-refractivity contribution in [1.82, 2.24) is 5.43 Å². The Hall–Kier alpha value is -1.88. The number of nitrogens with one attached hydrogen (secondary N) is 1. The Morgan fingerprint density at radius 3 is 2.94 bits per heavy atom. The lowest BCUT2D eigenvalue weighted by Gasteiger charge is -1.99. The fourth-order valence-corrected chi connectivity index (χ4v) is 1.71. The second-order valence-electron chi connectivity index (χ2n) is 3.69. The number of aryl methyl sites for hydroxylation is 1. The fourth-order valence-electron chi connectivity index (χ4n) is 1.32. The highest BCUT2D eigenvalue weighted by molar-refractivity contribution is 9.10. The number of hydrazone groups is 1. The van der Waals surface area contributed by atoms with Crippen LogP contribution in [0.15, 0.2) is 50.6 Å². The normalized spacial score (nSPS) is 10.8. The zero-order valence-electron chi connectivity index (χ0n) is 9.68. The van der Waals surface area contributed by atoms with Crippen molar-refractivity contribution in [2.75, 3.05) is 0 Å². The van der Waals surface area contributed by atoms with E-state index < -0.39 is 0 Å². The third kappa shape index (κ3) is 3.07. The Morgan fingerprint density at radius 2 is 2.28 bits per heavy atom. The Morgan fingerprint density at radius 1 is 1.44 bits per heavy atom. The predicted molar refractivity (Wildman–Crippen MR) is 72.6 cm³/mol. The van der Waals surface area contributed by atoms with Gasteiger partial charge in [-0.1, -0.05) is 28.1 Å². The lowest BCUT2D eigenvalue weighted by Crippen LogP contribution is -2.16. The molecule has 1 aromatic carbocycles. The molecule has 92 valence electrons. The highest BCUT2D eigenvalue weighted by Crippen LogP contribution is 2.16. The van der Waals surface area contributed by atoms with Crippen LogP contribution in [0.4, 0.5) is 0 Å². The lowest BCUT2D eigenvalue weighted by atomic mass is 10.2. The molecule has 0 radical (unpaired) electrons. The van der Waals surface area contributed by atoms with Crippen LogP contribution in [0, 0.1) is 6.92 Å². The SMILES string of the molecule is Cc1ccc(/C=N\NC(=O)c2ccco2)cc1Br. The van der Waals surface area contributed by atoms with Crippen LogP contribution in [-0.2, 0) is 0 Å². The molecule has 1 amide bonds. The largest absolute Gasteiger partial charge is 0.459 e. The highest BCUT2D eigenvalue weighted by Gasteiger charge is 2.05. The average Bonchev–Trinajstić information content (AvgIpc) is 2.87. The Labute approximate surface area is 113 Å². The number of rotatable bonds is 3. The van der Waals surface area contributed by atoms with Gasteiger partial charge >= 0.3 is 5.91 Å². The van der Waals surface area contributed by atoms with E-state index in [4.69, 9.17) is 4.42 Å². The van der Waals surface area contributed by atoms with Crippen molar-refractivity contribution in [3.8, 4) is 0 Å². The molecule has 0 fully saturated rings. The van der Waals surface area contributed by atoms with Crippen molar-refractivity contribution in [3.05, 3.63) is 58.0 Å². The number of nitrogens with zero attached hydrogens (tertiary/aromatic N) is 1. The summed E-state index contributed by atoms with van der Waals surface area (Å²) in [7, 11) is 0. The van der Waals surface area contributed by atoms with E-state index in [0.717, 1.165) is 15.6 Å². The van der Waals surface area contributed by atoms with Gasteiger partial charge in [0.25, 0.3) is 0 Å². The molecule has 0 atom stereocenters. The van der Waals surface area contributed by atoms with Gasteiger partial charge in [0.15, 0.2) is 5.76 Å². The maximum Gasteiger partial charge on any atom is 0.307 e. The molecule has 0 aliphatic carbocycles. The van der Waals surface area contributed by atoms with Gasteiger partial charge in [-0.2, -0.15) is 5.10 Å². The van der Waals surface area contributed by atoms with Crippen molar-refractivity contribution in [2.45, 2.75) is 6.92 Å². The van der Waals surface area contributed by atoms with Crippen molar-refractivity contribution in [2.24, 2.45) is 5.10 Å². The minimum Gasteiger partial charge on any atom is -0.459 e. The maximum absolute atomic E-state index is 11.5. The van der Waals surface area contributed by atoms with Crippen molar-refractivity contribution in [3.63, 3.8) is 0 Å². The maximum atomic E-state index is 11.5. The summed E-state index contributed by atoms with van der Waals surface area (Å²) >= 11 is 3.43. The van der Waals surface area contributed by atoms with Crippen LogP contribution in [0.25, 0.3) is 0 Å². The number of hydrogen-bond acceptors (Lipinski definition) is 3. The summed E-state index contributed by atoms with van der Waals surface area (Å²) in [6.07, 6.45) is 3.01. The number of furan rings is 1. The first-order valence-electron chi connectivity index (χ1n) is 5.30. The Balaban J connectivity index is 1.99. The Bertz CT molecular complexity index is 577. The summed E-state index contributed by atoms with van der Waals surface area (Å²) in [6.45, 7) is 2.00. The van der Waals surface area contributed by atoms with E-state index in [1.54, 1.807) is 18.3 Å². The average molecular weight is 307 g/mol. The van der Waals surface area contributed by atoms with Crippen LogP contribution in [0.2, 0.25) is 0 Å². The molecule has 2 rings (SSSR count). The van der Waals surface area contributed by atoms with Crippen LogP contribution < -0.4 is 5.43 Å². The first-order chi connectivity index (χ1) is 8.66. The monoisotopic (exact) mass is 306 g/mol. The van der Waals surface area contributed by atoms with Gasteiger partial charge in [0.2, 0.25) is 0 Å². The van der Waals surface area contributed by atoms with Crippen molar-refractivity contribution in [1.29, 1.82) is 0 Å². The molecule has 0 aliphatic heterocycles. The van der Waals surface area contributed by atoms with Gasteiger partial charge in [0.05, 0.1) is 12.5 Å². The van der Waals surface area contributed by atoms with Crippen LogP contribution in [0.5, 0.6) is 0 Å². The molecule has 5 heteroatoms. The fraction of sp³-hybridized carbons (Fsp3) is 0.0769. The predicted octanol–water partition coefficient (Wildman–Crippen LogP) is 3.11. The van der Waals surface area contributed by atoms with Crippen molar-refractivity contribution < 1.29 is 9.21 Å². The molecule has 0 unspecified atom stereocenters. The van der Waals surface area contributed by atoms with E-state index in [0.29, 0.717) is 0 Å². The van der Waals surface area contributed by atoms with E-state index >= 15 is 0 Å². The van der Waals surface area contributed by atoms with Gasteiger partial charge in [0.1, 0.15) is 0 Å². The molecule has 4 nitrogen and oxygen atoms in total. The number of benzene rings is 1. The van der Waals surface area contributed by atoms with E-state index in [1.807, 2.05) is 25.1 Å². The van der Waals surface area contributed by atoms with Gasteiger partial charge in [-0.25, -0.2) is 5.43 Å². The quantitative estimate of drug-likeness (QED) is 0.699. The second kappa shape index (κ2) is 5.64. The molecule has 0 saturated heterocycles. The summed E-state index contributed by atoms with van der Waals surface area (Å²) in [6, 6.07) is 9.04. The summed E-state index contributed by atoms with van der Waals surface area (Å²) < 4.78 is 5.94. The molecular weight excluding hydrogens is 296 g/mol. The van der Waals surface area contributed by atoms with Gasteiger partial charge in [-0.05, 0) is 36.2 Å². The Kier molecular flexibility index (Phi) is 3.94. The number of halogens is 1. The van der Waals surface area contributed by atoms with E-state index in [9.17, 15) is 4.79 Å². The molecule has 1 aromatic heterocycles. The smallest absolute Gasteiger partial charge is 0.307 e. The molecule has 0 bridgehead atoms. The number of carbonyl (C=O) groups excluding carboxylic acids is 1. The van der Waals surface area contributed by atoms with Gasteiger partial charge in [-0.3, -0.25) is 4.79 Å². The molecule has 0 saturated carbocycles. The van der Waals surface area contributed by atoms with Crippen molar-refractivity contribution >= 4 is 28.1 Å². The van der Waals surface area contributed by atoms with Crippen LogP contribution in [0.3, 0.4) is 0 Å². The second-order valence-corrected chi connectivity index (χ2v) is 4.54. The number of hydrogen-bond donors (Lipinski definition) is 1. The molecule has 18 heavy (non-hydrogen) atoms. The summed E-state index contributed by atoms with van der Waals surface area (Å²) in [4.78, 5) is 11.5. The zero-order valence-corrected chi connectivity index (χ0v) is 11.3. The molecule has 1 heterocycles. The third-order valence-corrected chi connectivity index (χ3v) is 3.17. The minimum absolute atomic E-state index is 0.234. The van der Waals surface area contributed by atoms with Gasteiger partial charge in [0, 0.05) is 4.47 Å². The highest BCUT2D eigenvalue weighted by atomic mass is 79.9. The summed E-state index contributed by atoms with van der Waals surface area (Å²) in [5.41, 5.74) is 4.43. The first kappa shape index (κ1) is 12.6. The topological polar surface area (TPSA) is 54.6 Å². The molecule has 2 aromatic rings. The third-order valence-electron chi connectivity index (χ3n) is 2.32. The molecular formula is C13H11BrN2O2. The van der Waals surface area contributed by atoms with Gasteiger partial charge < -0.3 is 4.42 Å². The van der Waals surface area contributed by atoms with Crippen LogP contribution in [0.1, 0.15) is 21.7 Å². The minimum atomic E-state index is -0.373. The summed E-state index contributed by atoms with van der Waals surface area (Å²) in [5.74, 6) is -0.139. The molecule has 0 spiro atoms. The van der Waals surface area contributed by atoms with Crippen LogP contribution in [-0.4, -0.2) is 12.1 Å². The molecule has 1 N–H and O–H groups in total. The molecule has 0 aliphatic rings. The van der Waals surface area contributed by atoms with E-state index in [2.05, 4.69) is 26.5 Å².